The lowest BCUT2D eigenvalue weighted by Crippen LogP contribution is -2.38. The summed E-state index contributed by atoms with van der Waals surface area (Å²) in [6.45, 7) is 8.17. The number of hydrogen-bond acceptors (Lipinski definition) is 1. The third kappa shape index (κ3) is 1.37. The number of likely N-dealkylation sites (N-methyl/N-ethyl adjacent to an activating group) is 1. The summed E-state index contributed by atoms with van der Waals surface area (Å²) >= 11 is 0. The number of rotatable bonds is 2. The van der Waals surface area contributed by atoms with Gasteiger partial charge in [0, 0.05) is 12.1 Å². The molecule has 1 aliphatic heterocycles. The monoisotopic (exact) mass is 233 g/mol. The number of nitrogens with zero attached hydrogens (tertiary/aromatic N) is 1. The maximum atomic E-state index is 13.8. The highest BCUT2D eigenvalue weighted by molar-refractivity contribution is 5.93. The number of carbonyl (C=O) groups is 1. The summed E-state index contributed by atoms with van der Waals surface area (Å²) in [5.74, 6) is -0.403. The minimum atomic E-state index is -0.655. The van der Waals surface area contributed by atoms with Gasteiger partial charge < -0.3 is 4.90 Å². The van der Waals surface area contributed by atoms with Crippen LogP contribution in [0, 0.1) is 11.3 Å². The Kier molecular flexibility index (Phi) is 2.61. The van der Waals surface area contributed by atoms with E-state index in [1.807, 2.05) is 27.7 Å². The van der Waals surface area contributed by atoms with Crippen LogP contribution >= 0.6 is 0 Å². The molecule has 0 saturated carbocycles. The maximum Gasteiger partial charge on any atom is 0.237 e. The van der Waals surface area contributed by atoms with Gasteiger partial charge in [0.05, 0.1) is 11.1 Å². The van der Waals surface area contributed by atoms with E-state index in [0.717, 1.165) is 5.57 Å². The molecule has 0 aromatic rings. The number of carbonyl (C=O) groups excluding carboxylic acids is 1. The van der Waals surface area contributed by atoms with E-state index < -0.39 is 11.2 Å². The fraction of sp³-hybridized carbons (Fsp3) is 0.500. The third-order valence-electron chi connectivity index (χ3n) is 3.85. The molecule has 2 nitrogen and oxygen atoms in total. The molecule has 17 heavy (non-hydrogen) atoms. The van der Waals surface area contributed by atoms with Crippen LogP contribution in [0.2, 0.25) is 0 Å². The molecular weight excluding hydrogens is 217 g/mol. The molecule has 0 N–H and O–H groups in total. The molecule has 90 valence electrons. The Balaban J connectivity index is 2.66. The minimum absolute atomic E-state index is 0.0306. The molecule has 0 aromatic heterocycles. The molecule has 0 radical (unpaired) electrons. The highest BCUT2D eigenvalue weighted by Crippen LogP contribution is 2.48. The van der Waals surface area contributed by atoms with Crippen molar-refractivity contribution in [2.45, 2.75) is 27.7 Å². The fourth-order valence-corrected chi connectivity index (χ4v) is 2.43. The second-order valence-corrected chi connectivity index (χ2v) is 4.90. The van der Waals surface area contributed by atoms with Crippen LogP contribution < -0.4 is 0 Å². The topological polar surface area (TPSA) is 20.3 Å². The first-order valence-electron chi connectivity index (χ1n) is 5.88. The summed E-state index contributed by atoms with van der Waals surface area (Å²) in [6.07, 6.45) is 1.69. The van der Waals surface area contributed by atoms with E-state index in [9.17, 15) is 9.18 Å². The van der Waals surface area contributed by atoms with Crippen LogP contribution in [0.4, 0.5) is 4.39 Å². The van der Waals surface area contributed by atoms with Crippen molar-refractivity contribution in [3.63, 3.8) is 0 Å². The molecule has 0 spiro atoms. The van der Waals surface area contributed by atoms with Crippen LogP contribution in [-0.2, 0) is 4.79 Å². The largest absolute Gasteiger partial charge is 0.308 e. The predicted molar refractivity (Wildman–Crippen MR) is 63.6 cm³/mol. The molecule has 1 heterocycles. The normalized spacial score (nSPS) is 27.1. The molecule has 0 saturated heterocycles. The van der Waals surface area contributed by atoms with Gasteiger partial charge in [0.25, 0.3) is 0 Å². The van der Waals surface area contributed by atoms with Crippen molar-refractivity contribution in [3.8, 4) is 0 Å². The summed E-state index contributed by atoms with van der Waals surface area (Å²) in [5.41, 5.74) is 5.52. The van der Waals surface area contributed by atoms with Gasteiger partial charge in [-0.15, -0.1) is 0 Å². The van der Waals surface area contributed by atoms with Crippen molar-refractivity contribution in [2.24, 2.45) is 11.3 Å². The van der Waals surface area contributed by atoms with Gasteiger partial charge in [0.15, 0.2) is 5.83 Å². The van der Waals surface area contributed by atoms with Crippen LogP contribution in [0.3, 0.4) is 0 Å². The molecule has 0 bridgehead atoms. The van der Waals surface area contributed by atoms with E-state index in [2.05, 4.69) is 11.5 Å². The predicted octanol–water partition coefficient (Wildman–Crippen LogP) is 2.94. The average Bonchev–Trinajstić information content (AvgIpc) is 2.52. The fourth-order valence-electron chi connectivity index (χ4n) is 2.43. The van der Waals surface area contributed by atoms with Crippen LogP contribution in [0.15, 0.2) is 34.6 Å². The van der Waals surface area contributed by atoms with Gasteiger partial charge in [-0.25, -0.2) is 0 Å². The molecule has 2 aliphatic rings. The summed E-state index contributed by atoms with van der Waals surface area (Å²) in [4.78, 5) is 13.9. The number of allylic oxidation sites excluding steroid dienone is 2. The first-order valence-corrected chi connectivity index (χ1v) is 5.88. The molecule has 0 aromatic carbocycles. The van der Waals surface area contributed by atoms with Crippen LogP contribution in [-0.4, -0.2) is 17.4 Å². The van der Waals surface area contributed by atoms with Gasteiger partial charge in [-0.3, -0.25) is 4.79 Å². The van der Waals surface area contributed by atoms with Gasteiger partial charge in [-0.1, -0.05) is 19.6 Å². The highest BCUT2D eigenvalue weighted by atomic mass is 19.1. The highest BCUT2D eigenvalue weighted by Gasteiger charge is 2.51. The van der Waals surface area contributed by atoms with Gasteiger partial charge >= 0.3 is 0 Å². The smallest absolute Gasteiger partial charge is 0.237 e. The Morgan fingerprint density at radius 2 is 2.18 bits per heavy atom. The van der Waals surface area contributed by atoms with Crippen LogP contribution in [0.1, 0.15) is 27.7 Å². The molecular formula is C14H16FNO. The quantitative estimate of drug-likeness (QED) is 0.671. The van der Waals surface area contributed by atoms with Gasteiger partial charge in [0.1, 0.15) is 0 Å². The maximum absolute atomic E-state index is 13.8. The Morgan fingerprint density at radius 3 is 2.71 bits per heavy atom. The Hall–Kier alpha value is -1.56. The lowest BCUT2D eigenvalue weighted by Gasteiger charge is -2.29. The Bertz CT molecular complexity index is 516. The Labute approximate surface area is 101 Å². The van der Waals surface area contributed by atoms with Crippen molar-refractivity contribution in [1.29, 1.82) is 0 Å². The molecule has 1 amide bonds. The SMILES string of the molecule is CCN1C(=O)C(C)(C(C)C)C2=C1C(F)=C=C=C2. The van der Waals surface area contributed by atoms with Crippen molar-refractivity contribution >= 4 is 5.91 Å². The Morgan fingerprint density at radius 1 is 1.53 bits per heavy atom. The zero-order valence-electron chi connectivity index (χ0n) is 10.6. The van der Waals surface area contributed by atoms with E-state index in [0.29, 0.717) is 12.2 Å². The van der Waals surface area contributed by atoms with E-state index in [1.54, 1.807) is 6.08 Å². The molecule has 0 fully saturated rings. The number of amides is 1. The third-order valence-corrected chi connectivity index (χ3v) is 3.85. The average molecular weight is 233 g/mol. The zero-order valence-corrected chi connectivity index (χ0v) is 10.6. The number of hydrogen-bond donors (Lipinski definition) is 0. The second-order valence-electron chi connectivity index (χ2n) is 4.90. The summed E-state index contributed by atoms with van der Waals surface area (Å²) in [5, 5.41) is 0. The van der Waals surface area contributed by atoms with Crippen molar-refractivity contribution in [3.05, 3.63) is 34.6 Å². The molecule has 2 rings (SSSR count). The van der Waals surface area contributed by atoms with Gasteiger partial charge in [-0.05, 0) is 31.6 Å². The lowest BCUT2D eigenvalue weighted by molar-refractivity contribution is -0.136. The molecule has 1 aliphatic carbocycles. The minimum Gasteiger partial charge on any atom is -0.308 e. The molecule has 3 heteroatoms. The second kappa shape index (κ2) is 3.73. The van der Waals surface area contributed by atoms with Gasteiger partial charge in [0.2, 0.25) is 5.91 Å². The summed E-state index contributed by atoms with van der Waals surface area (Å²) < 4.78 is 13.8. The zero-order chi connectivity index (χ0) is 12.8. The van der Waals surface area contributed by atoms with Gasteiger partial charge in [-0.2, -0.15) is 4.39 Å². The lowest BCUT2D eigenvalue weighted by atomic mass is 9.73. The van der Waals surface area contributed by atoms with Crippen molar-refractivity contribution < 1.29 is 9.18 Å². The first-order chi connectivity index (χ1) is 7.94. The summed E-state index contributed by atoms with van der Waals surface area (Å²) in [7, 11) is 0. The summed E-state index contributed by atoms with van der Waals surface area (Å²) in [6, 6.07) is 0. The van der Waals surface area contributed by atoms with E-state index in [1.165, 1.54) is 4.90 Å². The number of halogens is 1. The molecule has 1 unspecified atom stereocenters. The van der Waals surface area contributed by atoms with E-state index >= 15 is 0 Å². The van der Waals surface area contributed by atoms with E-state index in [-0.39, 0.29) is 11.8 Å². The van der Waals surface area contributed by atoms with Crippen molar-refractivity contribution in [1.82, 2.24) is 4.90 Å². The standard InChI is InChI=1S/C14H16FNO/c1-5-16-12-10(7-6-8-11(12)15)14(4,9(2)3)13(16)17/h7,9H,5H2,1-4H3. The van der Waals surface area contributed by atoms with E-state index in [4.69, 9.17) is 0 Å². The first kappa shape index (κ1) is 11.9. The van der Waals surface area contributed by atoms with Crippen LogP contribution in [0.25, 0.3) is 0 Å². The molecule has 1 atom stereocenters. The van der Waals surface area contributed by atoms with Crippen molar-refractivity contribution in [2.75, 3.05) is 6.54 Å². The van der Waals surface area contributed by atoms with Crippen LogP contribution in [0.5, 0.6) is 0 Å².